The van der Waals surface area contributed by atoms with E-state index in [1.807, 2.05) is 25.1 Å². The Morgan fingerprint density at radius 1 is 1.44 bits per heavy atom. The summed E-state index contributed by atoms with van der Waals surface area (Å²) in [7, 11) is 1.69. The highest BCUT2D eigenvalue weighted by Gasteiger charge is 2.16. The van der Waals surface area contributed by atoms with Gasteiger partial charge in [0.1, 0.15) is 0 Å². The summed E-state index contributed by atoms with van der Waals surface area (Å²) in [6, 6.07) is 5.76. The lowest BCUT2D eigenvalue weighted by atomic mass is 10.1. The third-order valence-corrected chi connectivity index (χ3v) is 2.31. The van der Waals surface area contributed by atoms with Crippen LogP contribution in [0.25, 0.3) is 0 Å². The molecule has 1 rings (SSSR count). The summed E-state index contributed by atoms with van der Waals surface area (Å²) in [4.78, 5) is 0. The van der Waals surface area contributed by atoms with Crippen LogP contribution in [0.15, 0.2) is 23.3 Å². The van der Waals surface area contributed by atoms with E-state index in [2.05, 4.69) is 24.3 Å². The molecule has 4 nitrogen and oxygen atoms in total. The number of hydrogen-bond donors (Lipinski definition) is 2. The van der Waals surface area contributed by atoms with Gasteiger partial charge in [0.15, 0.2) is 0 Å². The highest BCUT2D eigenvalue weighted by atomic mass is 16.5. The zero-order chi connectivity index (χ0) is 12.2. The van der Waals surface area contributed by atoms with Gasteiger partial charge in [-0.15, -0.1) is 0 Å². The number of ether oxygens (including phenoxy) is 1. The van der Waals surface area contributed by atoms with Gasteiger partial charge >= 0.3 is 0 Å². The van der Waals surface area contributed by atoms with E-state index in [9.17, 15) is 0 Å². The average molecular weight is 221 g/mol. The lowest BCUT2D eigenvalue weighted by molar-refractivity contribution is 0.158. The molecular weight excluding hydrogens is 202 g/mol. The van der Waals surface area contributed by atoms with E-state index in [1.54, 1.807) is 7.11 Å². The molecule has 2 N–H and O–H groups in total. The van der Waals surface area contributed by atoms with Crippen molar-refractivity contribution in [3.05, 3.63) is 23.8 Å². The van der Waals surface area contributed by atoms with Crippen molar-refractivity contribution in [1.82, 2.24) is 0 Å². The van der Waals surface area contributed by atoms with Gasteiger partial charge in [-0.05, 0) is 44.5 Å². The highest BCUT2D eigenvalue weighted by molar-refractivity contribution is 5.56. The van der Waals surface area contributed by atoms with Gasteiger partial charge in [0, 0.05) is 12.8 Å². The van der Waals surface area contributed by atoms with Crippen molar-refractivity contribution >= 4 is 11.4 Å². The normalized spacial score (nSPS) is 11.2. The van der Waals surface area contributed by atoms with Gasteiger partial charge in [0.05, 0.1) is 17.8 Å². The molecule has 88 valence electrons. The van der Waals surface area contributed by atoms with E-state index in [-0.39, 0.29) is 5.54 Å². The first-order chi connectivity index (χ1) is 7.48. The molecule has 4 heteroatoms. The third kappa shape index (κ3) is 3.31. The highest BCUT2D eigenvalue weighted by Crippen LogP contribution is 2.24. The van der Waals surface area contributed by atoms with Crippen LogP contribution in [-0.4, -0.2) is 19.3 Å². The zero-order valence-corrected chi connectivity index (χ0v) is 10.3. The smallest absolute Gasteiger partial charge is 0.0880 e. The van der Waals surface area contributed by atoms with Crippen LogP contribution in [0.1, 0.15) is 19.4 Å². The minimum atomic E-state index is -0.110. The maximum atomic E-state index is 6.99. The van der Waals surface area contributed by atoms with Crippen molar-refractivity contribution in [2.75, 3.05) is 19.0 Å². The number of methoxy groups -OCH3 is 1. The Morgan fingerprint density at radius 3 is 2.62 bits per heavy atom. The minimum absolute atomic E-state index is 0.110. The predicted octanol–water partition coefficient (Wildman–Crippen LogP) is 3.49. The molecule has 0 atom stereocenters. The Labute approximate surface area is 96.5 Å². The number of benzene rings is 1. The van der Waals surface area contributed by atoms with Crippen LogP contribution in [0.4, 0.5) is 11.4 Å². The number of rotatable bonds is 5. The van der Waals surface area contributed by atoms with Crippen molar-refractivity contribution < 1.29 is 4.74 Å². The molecule has 0 bridgehead atoms. The quantitative estimate of drug-likeness (QED) is 0.748. The van der Waals surface area contributed by atoms with E-state index in [4.69, 9.17) is 10.3 Å². The van der Waals surface area contributed by atoms with E-state index in [0.717, 1.165) is 11.3 Å². The van der Waals surface area contributed by atoms with Gasteiger partial charge in [0.2, 0.25) is 0 Å². The molecule has 1 aromatic carbocycles. The second-order valence-corrected chi connectivity index (χ2v) is 4.55. The molecule has 1 aromatic rings. The summed E-state index contributed by atoms with van der Waals surface area (Å²) < 4.78 is 5.14. The Kier molecular flexibility index (Phi) is 4.01. The van der Waals surface area contributed by atoms with Crippen LogP contribution >= 0.6 is 0 Å². The molecule has 0 fully saturated rings. The maximum absolute atomic E-state index is 6.99. The van der Waals surface area contributed by atoms with Crippen molar-refractivity contribution in [1.29, 1.82) is 5.53 Å². The average Bonchev–Trinajstić information content (AvgIpc) is 2.17. The molecule has 0 aliphatic heterocycles. The minimum Gasteiger partial charge on any atom is -0.382 e. The summed E-state index contributed by atoms with van der Waals surface area (Å²) in [5.41, 5.74) is 9.59. The summed E-state index contributed by atoms with van der Waals surface area (Å²) in [6.07, 6.45) is 0. The third-order valence-electron chi connectivity index (χ3n) is 2.31. The first-order valence-corrected chi connectivity index (χ1v) is 5.24. The summed E-state index contributed by atoms with van der Waals surface area (Å²) in [5, 5.41) is 6.82. The molecule has 0 aliphatic rings. The van der Waals surface area contributed by atoms with Crippen LogP contribution < -0.4 is 5.32 Å². The molecule has 0 amide bonds. The fourth-order valence-electron chi connectivity index (χ4n) is 1.65. The SMILES string of the molecule is COCC(C)(C)Nc1ccc(N=N)c(C)c1. The zero-order valence-electron chi connectivity index (χ0n) is 10.3. The number of anilines is 1. The number of hydrogen-bond acceptors (Lipinski definition) is 4. The molecule has 0 saturated carbocycles. The molecule has 0 unspecified atom stereocenters. The molecule has 0 aromatic heterocycles. The first-order valence-electron chi connectivity index (χ1n) is 5.24. The van der Waals surface area contributed by atoms with Crippen LogP contribution in [0.2, 0.25) is 0 Å². The van der Waals surface area contributed by atoms with E-state index >= 15 is 0 Å². The summed E-state index contributed by atoms with van der Waals surface area (Å²) in [5.74, 6) is 0. The Balaban J connectivity index is 2.82. The van der Waals surface area contributed by atoms with Crippen LogP contribution in [-0.2, 0) is 4.74 Å². The monoisotopic (exact) mass is 221 g/mol. The fourth-order valence-corrected chi connectivity index (χ4v) is 1.65. The van der Waals surface area contributed by atoms with Gasteiger partial charge in [0.25, 0.3) is 0 Å². The van der Waals surface area contributed by atoms with Gasteiger partial charge in [-0.3, -0.25) is 0 Å². The molecule has 0 radical (unpaired) electrons. The number of nitrogens with zero attached hydrogens (tertiary/aromatic N) is 1. The van der Waals surface area contributed by atoms with E-state index < -0.39 is 0 Å². The predicted molar refractivity (Wildman–Crippen MR) is 65.6 cm³/mol. The topological polar surface area (TPSA) is 57.5 Å². The van der Waals surface area contributed by atoms with Gasteiger partial charge in [-0.2, -0.15) is 5.11 Å². The second-order valence-electron chi connectivity index (χ2n) is 4.55. The lowest BCUT2D eigenvalue weighted by Crippen LogP contribution is -2.35. The molecule has 0 spiro atoms. The number of aryl methyl sites for hydroxylation is 1. The standard InChI is InChI=1S/C12H19N3O/c1-9-7-10(5-6-11(9)15-13)14-12(2,3)8-16-4/h5-7,13-14H,8H2,1-4H3. The molecular formula is C12H19N3O. The Morgan fingerprint density at radius 2 is 2.12 bits per heavy atom. The maximum Gasteiger partial charge on any atom is 0.0880 e. The Hall–Kier alpha value is -1.42. The Bertz CT molecular complexity index is 375. The fraction of sp³-hybridized carbons (Fsp3) is 0.500. The summed E-state index contributed by atoms with van der Waals surface area (Å²) in [6.45, 7) is 6.74. The van der Waals surface area contributed by atoms with Crippen molar-refractivity contribution in [3.63, 3.8) is 0 Å². The van der Waals surface area contributed by atoms with Gasteiger partial charge < -0.3 is 10.1 Å². The van der Waals surface area contributed by atoms with E-state index in [1.165, 1.54) is 0 Å². The summed E-state index contributed by atoms with van der Waals surface area (Å²) >= 11 is 0. The van der Waals surface area contributed by atoms with Crippen LogP contribution in [0.3, 0.4) is 0 Å². The largest absolute Gasteiger partial charge is 0.382 e. The molecule has 0 saturated heterocycles. The molecule has 0 aliphatic carbocycles. The second kappa shape index (κ2) is 5.07. The van der Waals surface area contributed by atoms with Crippen molar-refractivity contribution in [2.45, 2.75) is 26.3 Å². The van der Waals surface area contributed by atoms with E-state index in [0.29, 0.717) is 12.3 Å². The molecule has 16 heavy (non-hydrogen) atoms. The first kappa shape index (κ1) is 12.6. The van der Waals surface area contributed by atoms with Gasteiger partial charge in [-0.1, -0.05) is 0 Å². The van der Waals surface area contributed by atoms with Gasteiger partial charge in [-0.25, -0.2) is 5.53 Å². The number of nitrogens with one attached hydrogen (secondary N) is 2. The van der Waals surface area contributed by atoms with Crippen molar-refractivity contribution in [3.8, 4) is 0 Å². The lowest BCUT2D eigenvalue weighted by Gasteiger charge is -2.26. The molecule has 0 heterocycles. The van der Waals surface area contributed by atoms with Crippen LogP contribution in [0, 0.1) is 12.5 Å². The van der Waals surface area contributed by atoms with Crippen LogP contribution in [0.5, 0.6) is 0 Å². The van der Waals surface area contributed by atoms with Crippen molar-refractivity contribution in [2.24, 2.45) is 5.11 Å².